The Labute approximate surface area is 89.1 Å². The molecule has 1 saturated carbocycles. The van der Waals surface area contributed by atoms with E-state index in [1.165, 1.54) is 13.8 Å². The Hall–Kier alpha value is -0.940. The molecule has 5 nitrogen and oxygen atoms in total. The average molecular weight is 214 g/mol. The topological polar surface area (TPSA) is 95.4 Å². The van der Waals surface area contributed by atoms with Gasteiger partial charge in [-0.2, -0.15) is 0 Å². The SMILES string of the molecule is CC(C)(N)C(=O)OC(=O)C1(N)CCCC1. The lowest BCUT2D eigenvalue weighted by Crippen LogP contribution is -2.51. The normalized spacial score (nSPS) is 20.0. The van der Waals surface area contributed by atoms with Crippen LogP contribution in [0.1, 0.15) is 39.5 Å². The molecule has 0 heterocycles. The molecule has 86 valence electrons. The summed E-state index contributed by atoms with van der Waals surface area (Å²) in [4.78, 5) is 23.0. The van der Waals surface area contributed by atoms with E-state index in [1.807, 2.05) is 0 Å². The molecule has 5 heteroatoms. The van der Waals surface area contributed by atoms with Crippen LogP contribution in [0.5, 0.6) is 0 Å². The number of carbonyl (C=O) groups is 2. The Bertz CT molecular complexity index is 275. The Morgan fingerprint density at radius 1 is 1.27 bits per heavy atom. The first-order chi connectivity index (χ1) is 6.76. The molecule has 1 aliphatic carbocycles. The molecule has 0 radical (unpaired) electrons. The van der Waals surface area contributed by atoms with Crippen molar-refractivity contribution in [3.8, 4) is 0 Å². The second-order valence-corrected chi connectivity index (χ2v) is 4.76. The first-order valence-electron chi connectivity index (χ1n) is 5.10. The van der Waals surface area contributed by atoms with Crippen LogP contribution < -0.4 is 11.5 Å². The van der Waals surface area contributed by atoms with Crippen LogP contribution in [0, 0.1) is 0 Å². The van der Waals surface area contributed by atoms with Crippen molar-refractivity contribution in [2.45, 2.75) is 50.6 Å². The lowest BCUT2D eigenvalue weighted by molar-refractivity contribution is -0.166. The minimum Gasteiger partial charge on any atom is -0.390 e. The molecule has 0 aromatic heterocycles. The predicted octanol–water partition coefficient (Wildman–Crippen LogP) is 0.0650. The fourth-order valence-corrected chi connectivity index (χ4v) is 1.53. The van der Waals surface area contributed by atoms with Crippen molar-refractivity contribution >= 4 is 11.9 Å². The van der Waals surface area contributed by atoms with E-state index in [2.05, 4.69) is 4.74 Å². The van der Waals surface area contributed by atoms with Crippen molar-refractivity contribution in [1.29, 1.82) is 0 Å². The van der Waals surface area contributed by atoms with E-state index < -0.39 is 23.0 Å². The number of ether oxygens (including phenoxy) is 1. The summed E-state index contributed by atoms with van der Waals surface area (Å²) in [5, 5.41) is 0. The Morgan fingerprint density at radius 2 is 1.73 bits per heavy atom. The van der Waals surface area contributed by atoms with Crippen LogP contribution in [-0.4, -0.2) is 23.0 Å². The van der Waals surface area contributed by atoms with Gasteiger partial charge in [0.1, 0.15) is 11.1 Å². The van der Waals surface area contributed by atoms with Gasteiger partial charge in [0, 0.05) is 0 Å². The van der Waals surface area contributed by atoms with Crippen molar-refractivity contribution in [1.82, 2.24) is 0 Å². The summed E-state index contributed by atoms with van der Waals surface area (Å²) in [7, 11) is 0. The maximum atomic E-state index is 11.6. The van der Waals surface area contributed by atoms with Crippen LogP contribution in [0.2, 0.25) is 0 Å². The molecule has 1 fully saturated rings. The van der Waals surface area contributed by atoms with E-state index >= 15 is 0 Å². The highest BCUT2D eigenvalue weighted by Gasteiger charge is 2.41. The third-order valence-electron chi connectivity index (χ3n) is 2.61. The van der Waals surface area contributed by atoms with Crippen LogP contribution in [0.3, 0.4) is 0 Å². The van der Waals surface area contributed by atoms with Gasteiger partial charge in [0.2, 0.25) is 0 Å². The standard InChI is InChI=1S/C10H18N2O3/c1-9(2,11)7(13)15-8(14)10(12)5-3-4-6-10/h3-6,11-12H2,1-2H3. The van der Waals surface area contributed by atoms with Crippen molar-refractivity contribution in [3.05, 3.63) is 0 Å². The molecular formula is C10H18N2O3. The first-order valence-corrected chi connectivity index (χ1v) is 5.10. The molecule has 4 N–H and O–H groups in total. The minimum absolute atomic E-state index is 0.574. The molecule has 1 rings (SSSR count). The molecule has 0 aromatic rings. The molecule has 0 aromatic carbocycles. The Kier molecular flexibility index (Phi) is 3.16. The van der Waals surface area contributed by atoms with E-state index in [-0.39, 0.29) is 0 Å². The van der Waals surface area contributed by atoms with E-state index in [9.17, 15) is 9.59 Å². The summed E-state index contributed by atoms with van der Waals surface area (Å²) in [6.45, 7) is 2.97. The van der Waals surface area contributed by atoms with Gasteiger partial charge < -0.3 is 16.2 Å². The van der Waals surface area contributed by atoms with Crippen molar-refractivity contribution in [2.24, 2.45) is 11.5 Å². The molecule has 0 saturated heterocycles. The largest absolute Gasteiger partial charge is 0.390 e. The van der Waals surface area contributed by atoms with Crippen LogP contribution in [0.15, 0.2) is 0 Å². The number of hydrogen-bond donors (Lipinski definition) is 2. The highest BCUT2D eigenvalue weighted by Crippen LogP contribution is 2.28. The summed E-state index contributed by atoms with van der Waals surface area (Å²) in [6.07, 6.45) is 2.94. The minimum atomic E-state index is -1.16. The molecule has 0 atom stereocenters. The smallest absolute Gasteiger partial charge is 0.333 e. The lowest BCUT2D eigenvalue weighted by atomic mass is 9.99. The van der Waals surface area contributed by atoms with Gasteiger partial charge in [0.05, 0.1) is 0 Å². The number of rotatable bonds is 2. The van der Waals surface area contributed by atoms with Gasteiger partial charge in [-0.05, 0) is 26.7 Å². The van der Waals surface area contributed by atoms with Crippen LogP contribution in [0.25, 0.3) is 0 Å². The zero-order valence-electron chi connectivity index (χ0n) is 9.21. The molecule has 0 bridgehead atoms. The summed E-state index contributed by atoms with van der Waals surface area (Å²) >= 11 is 0. The number of carbonyl (C=O) groups excluding carboxylic acids is 2. The molecule has 0 unspecified atom stereocenters. The summed E-state index contributed by atoms with van der Waals surface area (Å²) in [5.74, 6) is -1.38. The Balaban J connectivity index is 2.60. The van der Waals surface area contributed by atoms with Gasteiger partial charge in [-0.15, -0.1) is 0 Å². The van der Waals surface area contributed by atoms with Gasteiger partial charge in [-0.3, -0.25) is 0 Å². The summed E-state index contributed by atoms with van der Waals surface area (Å²) < 4.78 is 4.67. The number of hydrogen-bond acceptors (Lipinski definition) is 5. The van der Waals surface area contributed by atoms with Crippen molar-refractivity contribution in [3.63, 3.8) is 0 Å². The number of esters is 2. The predicted molar refractivity (Wildman–Crippen MR) is 54.8 cm³/mol. The van der Waals surface area contributed by atoms with Crippen LogP contribution in [-0.2, 0) is 14.3 Å². The van der Waals surface area contributed by atoms with E-state index in [1.54, 1.807) is 0 Å². The van der Waals surface area contributed by atoms with E-state index in [4.69, 9.17) is 11.5 Å². The highest BCUT2D eigenvalue weighted by molar-refractivity contribution is 5.94. The van der Waals surface area contributed by atoms with Crippen LogP contribution >= 0.6 is 0 Å². The van der Waals surface area contributed by atoms with Gasteiger partial charge in [-0.25, -0.2) is 9.59 Å². The zero-order valence-corrected chi connectivity index (χ0v) is 9.21. The summed E-state index contributed by atoms with van der Waals surface area (Å²) in [6, 6.07) is 0. The second kappa shape index (κ2) is 3.90. The fraction of sp³-hybridized carbons (Fsp3) is 0.800. The van der Waals surface area contributed by atoms with Crippen LogP contribution in [0.4, 0.5) is 0 Å². The number of nitrogens with two attached hydrogens (primary N) is 2. The summed E-state index contributed by atoms with van der Waals surface area (Å²) in [5.41, 5.74) is 9.18. The highest BCUT2D eigenvalue weighted by atomic mass is 16.6. The first kappa shape index (κ1) is 12.1. The van der Waals surface area contributed by atoms with E-state index in [0.29, 0.717) is 12.8 Å². The van der Waals surface area contributed by atoms with Gasteiger partial charge >= 0.3 is 11.9 Å². The van der Waals surface area contributed by atoms with Crippen molar-refractivity contribution < 1.29 is 14.3 Å². The van der Waals surface area contributed by atoms with Gasteiger partial charge in [0.15, 0.2) is 0 Å². The second-order valence-electron chi connectivity index (χ2n) is 4.76. The van der Waals surface area contributed by atoms with Gasteiger partial charge in [0.25, 0.3) is 0 Å². The molecule has 1 aliphatic rings. The lowest BCUT2D eigenvalue weighted by Gasteiger charge is -2.23. The van der Waals surface area contributed by atoms with E-state index in [0.717, 1.165) is 12.8 Å². The molecule has 0 amide bonds. The molecule has 15 heavy (non-hydrogen) atoms. The van der Waals surface area contributed by atoms with Gasteiger partial charge in [-0.1, -0.05) is 12.8 Å². The Morgan fingerprint density at radius 3 is 2.13 bits per heavy atom. The maximum absolute atomic E-state index is 11.6. The quantitative estimate of drug-likeness (QED) is 0.500. The van der Waals surface area contributed by atoms with Crippen molar-refractivity contribution in [2.75, 3.05) is 0 Å². The third-order valence-corrected chi connectivity index (χ3v) is 2.61. The molecule has 0 spiro atoms. The maximum Gasteiger partial charge on any atom is 0.333 e. The zero-order chi connectivity index (χ0) is 11.7. The fourth-order valence-electron chi connectivity index (χ4n) is 1.53. The monoisotopic (exact) mass is 214 g/mol. The molecule has 0 aliphatic heterocycles. The average Bonchev–Trinajstić information content (AvgIpc) is 2.51. The third kappa shape index (κ3) is 2.76. The molecular weight excluding hydrogens is 196 g/mol.